The van der Waals surface area contributed by atoms with Crippen LogP contribution in [-0.4, -0.2) is 21.2 Å². The Bertz CT molecular complexity index is 1350. The van der Waals surface area contributed by atoms with Crippen LogP contribution in [-0.2, 0) is 6.61 Å². The molecule has 5 rings (SSSR count). The topological polar surface area (TPSA) is 97.9 Å². The van der Waals surface area contributed by atoms with Crippen LogP contribution in [0.3, 0.4) is 0 Å². The van der Waals surface area contributed by atoms with Gasteiger partial charge in [-0.3, -0.25) is 24.8 Å². The van der Waals surface area contributed by atoms with E-state index in [9.17, 15) is 9.59 Å². The molecule has 5 aromatic rings. The summed E-state index contributed by atoms with van der Waals surface area (Å²) in [6.45, 7) is 0.191. The lowest BCUT2D eigenvalue weighted by Gasteiger charge is -2.05. The second-order valence-corrected chi connectivity index (χ2v) is 8.15. The van der Waals surface area contributed by atoms with E-state index in [4.69, 9.17) is 9.15 Å². The number of carbonyl (C=O) groups excluding carboxylic acids is 2. The number of amides is 2. The Kier molecular flexibility index (Phi) is 4.69. The maximum Gasteiger partial charge on any atom is 0.305 e. The third-order valence-electron chi connectivity index (χ3n) is 4.26. The van der Waals surface area contributed by atoms with E-state index in [1.807, 2.05) is 46.3 Å². The molecule has 0 saturated heterocycles. The molecule has 0 bridgehead atoms. The number of aromatic nitrogens is 2. The quantitative estimate of drug-likeness (QED) is 0.406. The maximum atomic E-state index is 12.4. The normalized spacial score (nSPS) is 11.1. The Morgan fingerprint density at radius 2 is 1.93 bits per heavy atom. The zero-order valence-electron chi connectivity index (χ0n) is 15.3. The molecule has 0 aliphatic heterocycles. The lowest BCUT2D eigenvalue weighted by atomic mass is 10.3. The maximum absolute atomic E-state index is 12.4. The van der Waals surface area contributed by atoms with Gasteiger partial charge < -0.3 is 9.15 Å². The van der Waals surface area contributed by atoms with Crippen LogP contribution in [0.4, 0.5) is 0 Å². The zero-order chi connectivity index (χ0) is 20.5. The molecule has 0 aliphatic rings. The molecule has 4 aromatic heterocycles. The number of carbonyl (C=O) groups is 2. The Morgan fingerprint density at radius 3 is 2.80 bits per heavy atom. The summed E-state index contributed by atoms with van der Waals surface area (Å²) in [5, 5.41) is 1.93. The first-order valence-corrected chi connectivity index (χ1v) is 10.6. The molecule has 1 aromatic carbocycles. The summed E-state index contributed by atoms with van der Waals surface area (Å²) in [5.74, 6) is 0.293. The van der Waals surface area contributed by atoms with Gasteiger partial charge in [-0.1, -0.05) is 18.2 Å². The van der Waals surface area contributed by atoms with Crippen LogP contribution in [0.2, 0.25) is 0 Å². The Labute approximate surface area is 177 Å². The lowest BCUT2D eigenvalue weighted by Crippen LogP contribution is -2.41. The first kappa shape index (κ1) is 18.4. The number of rotatable bonds is 5. The number of thiophene rings is 1. The molecule has 10 heteroatoms. The van der Waals surface area contributed by atoms with Crippen LogP contribution in [0.1, 0.15) is 26.0 Å². The number of furan rings is 1. The number of hydrazine groups is 1. The minimum absolute atomic E-state index is 0.0732. The van der Waals surface area contributed by atoms with Gasteiger partial charge in [0.15, 0.2) is 10.7 Å². The molecule has 0 atom stereocenters. The fourth-order valence-electron chi connectivity index (χ4n) is 2.84. The molecule has 30 heavy (non-hydrogen) atoms. The predicted octanol–water partition coefficient (Wildman–Crippen LogP) is 3.86. The molecular weight excluding hydrogens is 424 g/mol. The molecule has 2 amide bonds. The highest BCUT2D eigenvalue weighted by atomic mass is 32.1. The number of nitrogens with zero attached hydrogens (tertiary/aromatic N) is 2. The SMILES string of the molecule is O=C(NNC(=O)c1cc2c(nc3sccn32)s1)c1ccc(COc2ccccc2)o1. The Balaban J connectivity index is 1.19. The van der Waals surface area contributed by atoms with Gasteiger partial charge in [0.25, 0.3) is 5.91 Å². The minimum Gasteiger partial charge on any atom is -0.486 e. The van der Waals surface area contributed by atoms with Crippen molar-refractivity contribution in [2.45, 2.75) is 6.61 Å². The molecular formula is C20H14N4O4S2. The van der Waals surface area contributed by atoms with Crippen molar-refractivity contribution in [1.82, 2.24) is 20.2 Å². The highest BCUT2D eigenvalue weighted by Gasteiger charge is 2.17. The van der Waals surface area contributed by atoms with Gasteiger partial charge in [0.2, 0.25) is 0 Å². The number of ether oxygens (including phenoxy) is 1. The molecule has 0 unspecified atom stereocenters. The van der Waals surface area contributed by atoms with Gasteiger partial charge >= 0.3 is 5.91 Å². The summed E-state index contributed by atoms with van der Waals surface area (Å²) in [6, 6.07) is 14.2. The number of hydrogen-bond donors (Lipinski definition) is 2. The van der Waals surface area contributed by atoms with Crippen molar-refractivity contribution in [3.05, 3.63) is 76.5 Å². The van der Waals surface area contributed by atoms with Crippen LogP contribution >= 0.6 is 22.7 Å². The third kappa shape index (κ3) is 3.53. The predicted molar refractivity (Wildman–Crippen MR) is 113 cm³/mol. The smallest absolute Gasteiger partial charge is 0.305 e. The second kappa shape index (κ2) is 7.65. The molecule has 0 radical (unpaired) electrons. The van der Waals surface area contributed by atoms with Crippen molar-refractivity contribution in [2.75, 3.05) is 0 Å². The van der Waals surface area contributed by atoms with E-state index in [-0.39, 0.29) is 12.4 Å². The van der Waals surface area contributed by atoms with Crippen molar-refractivity contribution in [1.29, 1.82) is 0 Å². The molecule has 0 aliphatic carbocycles. The fraction of sp³-hybridized carbons (Fsp3) is 0.0500. The van der Waals surface area contributed by atoms with Gasteiger partial charge in [-0.25, -0.2) is 4.98 Å². The van der Waals surface area contributed by atoms with Gasteiger partial charge in [0, 0.05) is 11.6 Å². The molecule has 0 saturated carbocycles. The Morgan fingerprint density at radius 1 is 1.10 bits per heavy atom. The molecule has 0 spiro atoms. The number of nitrogens with one attached hydrogen (secondary N) is 2. The molecule has 4 heterocycles. The summed E-state index contributed by atoms with van der Waals surface area (Å²) in [4.78, 5) is 31.2. The minimum atomic E-state index is -0.558. The van der Waals surface area contributed by atoms with Crippen LogP contribution in [0.15, 0.2) is 64.5 Å². The van der Waals surface area contributed by atoms with E-state index in [0.717, 1.165) is 15.3 Å². The average Bonchev–Trinajstić information content (AvgIpc) is 3.52. The van der Waals surface area contributed by atoms with E-state index < -0.39 is 11.8 Å². The van der Waals surface area contributed by atoms with Crippen LogP contribution in [0.25, 0.3) is 15.3 Å². The fourth-order valence-corrected chi connectivity index (χ4v) is 4.54. The summed E-state index contributed by atoms with van der Waals surface area (Å²) in [7, 11) is 0. The third-order valence-corrected chi connectivity index (χ3v) is 6.04. The number of fused-ring (bicyclic) bond motifs is 3. The van der Waals surface area contributed by atoms with Crippen LogP contribution < -0.4 is 15.6 Å². The number of hydrogen-bond acceptors (Lipinski definition) is 7. The molecule has 0 fully saturated rings. The van der Waals surface area contributed by atoms with E-state index in [2.05, 4.69) is 15.8 Å². The average molecular weight is 438 g/mol. The lowest BCUT2D eigenvalue weighted by molar-refractivity contribution is 0.0830. The second-order valence-electron chi connectivity index (χ2n) is 6.24. The van der Waals surface area contributed by atoms with Gasteiger partial charge in [-0.15, -0.1) is 22.7 Å². The molecule has 150 valence electrons. The standard InChI is InChI=1S/C20H14N4O4S2/c25-17(15-7-6-13(28-15)11-27-12-4-2-1-3-5-12)22-23-18(26)16-10-14-19(30-16)21-20-24(14)8-9-29-20/h1-10H,11H2,(H,22,25)(H,23,26). The number of thiazole rings is 1. The zero-order valence-corrected chi connectivity index (χ0v) is 17.0. The summed E-state index contributed by atoms with van der Waals surface area (Å²) in [6.07, 6.45) is 1.90. The van der Waals surface area contributed by atoms with Gasteiger partial charge in [0.05, 0.1) is 10.4 Å². The largest absolute Gasteiger partial charge is 0.486 e. The van der Waals surface area contributed by atoms with Crippen molar-refractivity contribution in [3.8, 4) is 5.75 Å². The van der Waals surface area contributed by atoms with E-state index in [0.29, 0.717) is 16.4 Å². The van der Waals surface area contributed by atoms with Gasteiger partial charge in [-0.05, 0) is 30.3 Å². The first-order chi connectivity index (χ1) is 14.7. The van der Waals surface area contributed by atoms with Crippen LogP contribution in [0.5, 0.6) is 5.75 Å². The van der Waals surface area contributed by atoms with Crippen molar-refractivity contribution in [3.63, 3.8) is 0 Å². The highest BCUT2D eigenvalue weighted by molar-refractivity contribution is 7.21. The monoisotopic (exact) mass is 438 g/mol. The van der Waals surface area contributed by atoms with Gasteiger partial charge in [-0.2, -0.15) is 0 Å². The van der Waals surface area contributed by atoms with E-state index >= 15 is 0 Å². The number of imidazole rings is 1. The summed E-state index contributed by atoms with van der Waals surface area (Å²) >= 11 is 2.79. The van der Waals surface area contributed by atoms with Crippen LogP contribution in [0, 0.1) is 0 Å². The molecule has 2 N–H and O–H groups in total. The summed E-state index contributed by atoms with van der Waals surface area (Å²) in [5.41, 5.74) is 5.63. The van der Waals surface area contributed by atoms with Crippen molar-refractivity contribution >= 4 is 49.8 Å². The van der Waals surface area contributed by atoms with Crippen molar-refractivity contribution < 1.29 is 18.7 Å². The highest BCUT2D eigenvalue weighted by Crippen LogP contribution is 2.28. The first-order valence-electron chi connectivity index (χ1n) is 8.90. The number of benzene rings is 1. The number of para-hydroxylation sites is 1. The Hall–Kier alpha value is -3.63. The van der Waals surface area contributed by atoms with E-state index in [1.165, 1.54) is 28.7 Å². The van der Waals surface area contributed by atoms with Gasteiger partial charge in [0.1, 0.15) is 22.9 Å². The van der Waals surface area contributed by atoms with E-state index in [1.54, 1.807) is 12.1 Å². The summed E-state index contributed by atoms with van der Waals surface area (Å²) < 4.78 is 13.0. The molecule has 8 nitrogen and oxygen atoms in total. The van der Waals surface area contributed by atoms with Crippen molar-refractivity contribution in [2.24, 2.45) is 0 Å².